The van der Waals surface area contributed by atoms with Crippen LogP contribution in [0.4, 0.5) is 17.1 Å². The topological polar surface area (TPSA) is 3.24 Å². The number of nitrogens with zero attached hydrogens (tertiary/aromatic N) is 1. The highest BCUT2D eigenvalue weighted by Crippen LogP contribution is 2.51. The van der Waals surface area contributed by atoms with Gasteiger partial charge in [-0.3, -0.25) is 0 Å². The van der Waals surface area contributed by atoms with E-state index in [1.807, 2.05) is 11.3 Å². The molecule has 6 aromatic carbocycles. The molecule has 0 radical (unpaired) electrons. The summed E-state index contributed by atoms with van der Waals surface area (Å²) in [4.78, 5) is 2.36. The summed E-state index contributed by atoms with van der Waals surface area (Å²) < 4.78 is 2.78. The predicted molar refractivity (Wildman–Crippen MR) is 160 cm³/mol. The van der Waals surface area contributed by atoms with Crippen molar-refractivity contribution >= 4 is 59.3 Å². The van der Waals surface area contributed by atoms with E-state index in [9.17, 15) is 0 Å². The van der Waals surface area contributed by atoms with E-state index in [-0.39, 0.29) is 0 Å². The fraction of sp³-hybridized carbons (Fsp3) is 0.0286. The van der Waals surface area contributed by atoms with Crippen LogP contribution < -0.4 is 4.90 Å². The highest BCUT2D eigenvalue weighted by molar-refractivity contribution is 7.26. The minimum atomic E-state index is 1.01. The SMILES string of the molecule is c1ccc(N(c2ccccc2)c2ccc3sc4c5c(c6ccccc6c4c3c2)-c2ccccc2C5)cc1. The molecule has 0 bridgehead atoms. The van der Waals surface area contributed by atoms with E-state index < -0.39 is 0 Å². The van der Waals surface area contributed by atoms with Crippen molar-refractivity contribution in [2.75, 3.05) is 4.90 Å². The molecule has 8 rings (SSSR count). The normalized spacial score (nSPS) is 12.2. The summed E-state index contributed by atoms with van der Waals surface area (Å²) in [6.07, 6.45) is 1.01. The molecule has 0 saturated heterocycles. The Bertz CT molecular complexity index is 1910. The highest BCUT2D eigenvalue weighted by atomic mass is 32.1. The molecule has 174 valence electrons. The molecule has 0 saturated carbocycles. The molecule has 0 unspecified atom stereocenters. The highest BCUT2D eigenvalue weighted by Gasteiger charge is 2.26. The Morgan fingerprint density at radius 1 is 0.541 bits per heavy atom. The summed E-state index contributed by atoms with van der Waals surface area (Å²) in [5, 5.41) is 5.44. The van der Waals surface area contributed by atoms with Crippen LogP contribution in [0.15, 0.2) is 127 Å². The number of para-hydroxylation sites is 2. The Morgan fingerprint density at radius 3 is 1.95 bits per heavy atom. The summed E-state index contributed by atoms with van der Waals surface area (Å²) in [6.45, 7) is 0. The van der Waals surface area contributed by atoms with Crippen molar-refractivity contribution in [2.45, 2.75) is 6.42 Å². The van der Waals surface area contributed by atoms with Crippen molar-refractivity contribution in [1.29, 1.82) is 0 Å². The quantitative estimate of drug-likeness (QED) is 0.239. The first-order chi connectivity index (χ1) is 18.4. The zero-order chi connectivity index (χ0) is 24.3. The molecule has 2 heteroatoms. The number of hydrogen-bond acceptors (Lipinski definition) is 2. The maximum Gasteiger partial charge on any atom is 0.0468 e. The number of anilines is 3. The molecule has 0 atom stereocenters. The minimum Gasteiger partial charge on any atom is -0.310 e. The smallest absolute Gasteiger partial charge is 0.0468 e. The van der Waals surface area contributed by atoms with E-state index in [1.165, 1.54) is 58.9 Å². The molecule has 1 aromatic heterocycles. The number of fused-ring (bicyclic) bond motifs is 10. The standard InChI is InChI=1S/C35H23NS/c1-3-12-24(13-4-1)36(25-14-5-2-6-15-25)26-19-20-32-30(22-26)34-29-18-10-9-17-28(29)33-27-16-8-7-11-23(27)21-31(33)35(34)37-32/h1-20,22H,21H2. The Hall–Kier alpha value is -4.40. The lowest BCUT2D eigenvalue weighted by Crippen LogP contribution is -2.09. The summed E-state index contributed by atoms with van der Waals surface area (Å²) in [5.41, 5.74) is 9.25. The van der Waals surface area contributed by atoms with Gasteiger partial charge in [0.2, 0.25) is 0 Å². The van der Waals surface area contributed by atoms with Crippen LogP contribution in [-0.2, 0) is 6.42 Å². The van der Waals surface area contributed by atoms with E-state index in [2.05, 4.69) is 132 Å². The molecule has 0 fully saturated rings. The average molecular weight is 490 g/mol. The molecule has 1 aliphatic rings. The van der Waals surface area contributed by atoms with E-state index in [0.717, 1.165) is 17.8 Å². The Labute approximate surface area is 219 Å². The molecule has 0 amide bonds. The first kappa shape index (κ1) is 20.8. The first-order valence-corrected chi connectivity index (χ1v) is 13.6. The molecule has 37 heavy (non-hydrogen) atoms. The lowest BCUT2D eigenvalue weighted by atomic mass is 9.94. The van der Waals surface area contributed by atoms with Gasteiger partial charge in [-0.1, -0.05) is 84.9 Å². The van der Waals surface area contributed by atoms with Gasteiger partial charge in [-0.15, -0.1) is 11.3 Å². The molecular weight excluding hydrogens is 466 g/mol. The van der Waals surface area contributed by atoms with Crippen molar-refractivity contribution in [3.63, 3.8) is 0 Å². The van der Waals surface area contributed by atoms with Crippen LogP contribution >= 0.6 is 11.3 Å². The zero-order valence-electron chi connectivity index (χ0n) is 20.2. The van der Waals surface area contributed by atoms with E-state index in [0.29, 0.717) is 0 Å². The van der Waals surface area contributed by atoms with Crippen LogP contribution in [0.3, 0.4) is 0 Å². The molecule has 0 spiro atoms. The van der Waals surface area contributed by atoms with Gasteiger partial charge in [-0.05, 0) is 75.5 Å². The maximum atomic E-state index is 2.40. The van der Waals surface area contributed by atoms with Crippen LogP contribution in [0.2, 0.25) is 0 Å². The van der Waals surface area contributed by atoms with Gasteiger partial charge in [0.1, 0.15) is 0 Å². The summed E-state index contributed by atoms with van der Waals surface area (Å²) in [7, 11) is 0. The lowest BCUT2D eigenvalue weighted by Gasteiger charge is -2.25. The van der Waals surface area contributed by atoms with Crippen LogP contribution in [0.5, 0.6) is 0 Å². The van der Waals surface area contributed by atoms with Gasteiger partial charge in [-0.25, -0.2) is 0 Å². The van der Waals surface area contributed by atoms with Crippen LogP contribution in [0.1, 0.15) is 11.1 Å². The van der Waals surface area contributed by atoms with Gasteiger partial charge in [0.15, 0.2) is 0 Å². The summed E-state index contributed by atoms with van der Waals surface area (Å²) in [6, 6.07) is 46.2. The van der Waals surface area contributed by atoms with Crippen LogP contribution in [-0.4, -0.2) is 0 Å². The molecule has 0 aliphatic heterocycles. The van der Waals surface area contributed by atoms with Gasteiger partial charge in [0.25, 0.3) is 0 Å². The van der Waals surface area contributed by atoms with Gasteiger partial charge in [0.05, 0.1) is 0 Å². The Morgan fingerprint density at radius 2 is 1.19 bits per heavy atom. The fourth-order valence-electron chi connectivity index (χ4n) is 6.09. The third-order valence-corrected chi connectivity index (χ3v) is 8.88. The maximum absolute atomic E-state index is 2.40. The summed E-state index contributed by atoms with van der Waals surface area (Å²) in [5.74, 6) is 0. The van der Waals surface area contributed by atoms with E-state index >= 15 is 0 Å². The van der Waals surface area contributed by atoms with E-state index in [4.69, 9.17) is 0 Å². The van der Waals surface area contributed by atoms with Gasteiger partial charge in [0, 0.05) is 43.7 Å². The molecule has 1 nitrogen and oxygen atoms in total. The second-order valence-electron chi connectivity index (χ2n) is 9.73. The number of thiophene rings is 1. The molecule has 1 heterocycles. The third-order valence-electron chi connectivity index (χ3n) is 7.65. The van der Waals surface area contributed by atoms with E-state index in [1.54, 1.807) is 0 Å². The second kappa shape index (κ2) is 8.06. The fourth-order valence-corrected chi connectivity index (χ4v) is 7.33. The van der Waals surface area contributed by atoms with Gasteiger partial charge in [-0.2, -0.15) is 0 Å². The molecule has 7 aromatic rings. The zero-order valence-corrected chi connectivity index (χ0v) is 21.0. The van der Waals surface area contributed by atoms with Crippen molar-refractivity contribution in [3.8, 4) is 11.1 Å². The largest absolute Gasteiger partial charge is 0.310 e. The third kappa shape index (κ3) is 3.09. The number of benzene rings is 6. The Kier molecular flexibility index (Phi) is 4.52. The predicted octanol–water partition coefficient (Wildman–Crippen LogP) is 10.2. The molecule has 1 aliphatic carbocycles. The first-order valence-electron chi connectivity index (χ1n) is 12.8. The minimum absolute atomic E-state index is 1.01. The molecule has 0 N–H and O–H groups in total. The summed E-state index contributed by atoms with van der Waals surface area (Å²) >= 11 is 1.95. The lowest BCUT2D eigenvalue weighted by molar-refractivity contribution is 1.29. The van der Waals surface area contributed by atoms with Gasteiger partial charge >= 0.3 is 0 Å². The van der Waals surface area contributed by atoms with Crippen LogP contribution in [0.25, 0.3) is 42.1 Å². The second-order valence-corrected chi connectivity index (χ2v) is 10.8. The van der Waals surface area contributed by atoms with Crippen molar-refractivity contribution < 1.29 is 0 Å². The van der Waals surface area contributed by atoms with Gasteiger partial charge < -0.3 is 4.90 Å². The Balaban J connectivity index is 1.44. The van der Waals surface area contributed by atoms with Crippen molar-refractivity contribution in [3.05, 3.63) is 139 Å². The average Bonchev–Trinajstić information content (AvgIpc) is 3.54. The monoisotopic (exact) mass is 489 g/mol. The number of hydrogen-bond donors (Lipinski definition) is 0. The number of rotatable bonds is 3. The van der Waals surface area contributed by atoms with Crippen molar-refractivity contribution in [1.82, 2.24) is 0 Å². The molecular formula is C35H23NS. The van der Waals surface area contributed by atoms with Crippen molar-refractivity contribution in [2.24, 2.45) is 0 Å². The van der Waals surface area contributed by atoms with Crippen LogP contribution in [0, 0.1) is 0 Å².